The van der Waals surface area contributed by atoms with E-state index < -0.39 is 0 Å². The van der Waals surface area contributed by atoms with E-state index in [1.807, 2.05) is 6.07 Å². The molecule has 0 bridgehead atoms. The van der Waals surface area contributed by atoms with E-state index in [0.29, 0.717) is 0 Å². The number of rotatable bonds is 4. The van der Waals surface area contributed by atoms with Crippen LogP contribution in [0.25, 0.3) is 10.9 Å². The second-order valence-corrected chi connectivity index (χ2v) is 5.74. The molecule has 1 saturated carbocycles. The van der Waals surface area contributed by atoms with Crippen molar-refractivity contribution >= 4 is 10.9 Å². The van der Waals surface area contributed by atoms with Crippen molar-refractivity contribution < 1.29 is 4.74 Å². The predicted octanol–water partition coefficient (Wildman–Crippen LogP) is 4.69. The monoisotopic (exact) mass is 257 g/mol. The highest BCUT2D eigenvalue weighted by Crippen LogP contribution is 2.31. The lowest BCUT2D eigenvalue weighted by molar-refractivity contribution is 0.339. The minimum absolute atomic E-state index is 0.946. The maximum atomic E-state index is 5.40. The molecule has 1 aliphatic rings. The fourth-order valence-electron chi connectivity index (χ4n) is 3.40. The van der Waals surface area contributed by atoms with E-state index in [2.05, 4.69) is 23.3 Å². The third kappa shape index (κ3) is 2.63. The first-order chi connectivity index (χ1) is 9.38. The minimum Gasteiger partial charge on any atom is -0.495 e. The first kappa shape index (κ1) is 12.6. The number of ether oxygens (including phenoxy) is 1. The number of aromatic nitrogens is 1. The van der Waals surface area contributed by atoms with Crippen molar-refractivity contribution in [2.45, 2.75) is 44.9 Å². The predicted molar refractivity (Wildman–Crippen MR) is 79.7 cm³/mol. The van der Waals surface area contributed by atoms with Crippen molar-refractivity contribution in [2.75, 3.05) is 7.11 Å². The summed E-state index contributed by atoms with van der Waals surface area (Å²) < 4.78 is 5.40. The maximum absolute atomic E-state index is 5.40. The number of aryl methyl sites for hydroxylation is 1. The molecule has 0 atom stereocenters. The van der Waals surface area contributed by atoms with Crippen LogP contribution in [-0.2, 0) is 6.42 Å². The van der Waals surface area contributed by atoms with Gasteiger partial charge in [0.15, 0.2) is 0 Å². The van der Waals surface area contributed by atoms with Crippen molar-refractivity contribution in [1.29, 1.82) is 0 Å². The van der Waals surface area contributed by atoms with Crippen LogP contribution in [0.2, 0.25) is 0 Å². The molecule has 1 aromatic heterocycles. The first-order valence-corrected chi connectivity index (χ1v) is 7.51. The average molecular weight is 257 g/mol. The molecule has 2 heteroatoms. The summed E-state index contributed by atoms with van der Waals surface area (Å²) >= 11 is 0. The molecule has 2 nitrogen and oxygen atoms in total. The van der Waals surface area contributed by atoms with Crippen molar-refractivity contribution in [3.8, 4) is 5.75 Å². The summed E-state index contributed by atoms with van der Waals surface area (Å²) in [6.45, 7) is 0. The zero-order valence-corrected chi connectivity index (χ0v) is 11.7. The Labute approximate surface area is 115 Å². The molecule has 0 unspecified atom stereocenters. The molecule has 1 N–H and O–H groups in total. The quantitative estimate of drug-likeness (QED) is 0.844. The molecule has 1 aliphatic carbocycles. The van der Waals surface area contributed by atoms with Crippen LogP contribution < -0.4 is 4.74 Å². The molecule has 0 saturated heterocycles. The standard InChI is InChI=1S/C17H23NO/c1-19-16-9-5-8-15-14(12-18-17(15)16)11-10-13-6-3-2-4-7-13/h5,8-9,12-13,18H,2-4,6-7,10-11H2,1H3. The number of nitrogens with one attached hydrogen (secondary N) is 1. The number of hydrogen-bond donors (Lipinski definition) is 1. The summed E-state index contributed by atoms with van der Waals surface area (Å²) in [5.74, 6) is 1.89. The molecule has 3 rings (SSSR count). The Kier molecular flexibility index (Phi) is 3.77. The number of fused-ring (bicyclic) bond motifs is 1. The highest BCUT2D eigenvalue weighted by atomic mass is 16.5. The maximum Gasteiger partial charge on any atom is 0.142 e. The van der Waals surface area contributed by atoms with Crippen molar-refractivity contribution in [2.24, 2.45) is 5.92 Å². The minimum atomic E-state index is 0.946. The van der Waals surface area contributed by atoms with Crippen LogP contribution in [0.4, 0.5) is 0 Å². The summed E-state index contributed by atoms with van der Waals surface area (Å²) in [5.41, 5.74) is 2.59. The van der Waals surface area contributed by atoms with E-state index in [1.165, 1.54) is 55.9 Å². The van der Waals surface area contributed by atoms with Gasteiger partial charge in [-0.1, -0.05) is 44.2 Å². The Morgan fingerprint density at radius 2 is 2.05 bits per heavy atom. The second-order valence-electron chi connectivity index (χ2n) is 5.74. The van der Waals surface area contributed by atoms with Gasteiger partial charge in [-0.15, -0.1) is 0 Å². The fourth-order valence-corrected chi connectivity index (χ4v) is 3.40. The number of aromatic amines is 1. The van der Waals surface area contributed by atoms with Crippen LogP contribution in [-0.4, -0.2) is 12.1 Å². The summed E-state index contributed by atoms with van der Waals surface area (Å²) in [6.07, 6.45) is 11.9. The van der Waals surface area contributed by atoms with Gasteiger partial charge in [-0.2, -0.15) is 0 Å². The first-order valence-electron chi connectivity index (χ1n) is 7.51. The van der Waals surface area contributed by atoms with Crippen LogP contribution in [0, 0.1) is 5.92 Å². The van der Waals surface area contributed by atoms with Crippen molar-refractivity contribution in [3.05, 3.63) is 30.0 Å². The van der Waals surface area contributed by atoms with Crippen LogP contribution in [0.1, 0.15) is 44.1 Å². The van der Waals surface area contributed by atoms with Gasteiger partial charge in [0, 0.05) is 11.6 Å². The van der Waals surface area contributed by atoms with Gasteiger partial charge in [0.2, 0.25) is 0 Å². The molecule has 0 spiro atoms. The lowest BCUT2D eigenvalue weighted by Gasteiger charge is -2.21. The zero-order chi connectivity index (χ0) is 13.1. The topological polar surface area (TPSA) is 25.0 Å². The van der Waals surface area contributed by atoms with Crippen LogP contribution in [0.15, 0.2) is 24.4 Å². The van der Waals surface area contributed by atoms with E-state index in [9.17, 15) is 0 Å². The molecule has 0 radical (unpaired) electrons. The largest absolute Gasteiger partial charge is 0.495 e. The third-order valence-corrected chi connectivity index (χ3v) is 4.53. The molecule has 2 aromatic rings. The van der Waals surface area contributed by atoms with Gasteiger partial charge in [-0.25, -0.2) is 0 Å². The molecule has 1 heterocycles. The summed E-state index contributed by atoms with van der Waals surface area (Å²) in [6, 6.07) is 6.30. The van der Waals surface area contributed by atoms with Crippen LogP contribution in [0.3, 0.4) is 0 Å². The van der Waals surface area contributed by atoms with Crippen molar-refractivity contribution in [3.63, 3.8) is 0 Å². The van der Waals surface area contributed by atoms with Crippen molar-refractivity contribution in [1.82, 2.24) is 4.98 Å². The van der Waals surface area contributed by atoms with E-state index in [1.54, 1.807) is 7.11 Å². The highest BCUT2D eigenvalue weighted by Gasteiger charge is 2.14. The number of hydrogen-bond acceptors (Lipinski definition) is 1. The Morgan fingerprint density at radius 3 is 2.84 bits per heavy atom. The second kappa shape index (κ2) is 5.68. The van der Waals surface area contributed by atoms with Crippen LogP contribution in [0.5, 0.6) is 5.75 Å². The lowest BCUT2D eigenvalue weighted by Crippen LogP contribution is -2.07. The number of para-hydroxylation sites is 1. The van der Waals surface area contributed by atoms with Gasteiger partial charge in [0.25, 0.3) is 0 Å². The molecule has 0 amide bonds. The Bertz CT molecular complexity index is 537. The Balaban J connectivity index is 1.74. The van der Waals surface area contributed by atoms with E-state index in [0.717, 1.165) is 17.2 Å². The Hall–Kier alpha value is -1.44. The fraction of sp³-hybridized carbons (Fsp3) is 0.529. The molecular weight excluding hydrogens is 234 g/mol. The van der Waals surface area contributed by atoms with Gasteiger partial charge in [0.05, 0.1) is 12.6 Å². The van der Waals surface area contributed by atoms with Gasteiger partial charge in [-0.05, 0) is 30.4 Å². The summed E-state index contributed by atoms with van der Waals surface area (Å²) in [7, 11) is 1.73. The zero-order valence-electron chi connectivity index (χ0n) is 11.7. The Morgan fingerprint density at radius 1 is 1.21 bits per heavy atom. The average Bonchev–Trinajstić information content (AvgIpc) is 2.89. The third-order valence-electron chi connectivity index (χ3n) is 4.53. The molecule has 0 aliphatic heterocycles. The highest BCUT2D eigenvalue weighted by molar-refractivity contribution is 5.88. The molecule has 1 fully saturated rings. The summed E-state index contributed by atoms with van der Waals surface area (Å²) in [4.78, 5) is 3.37. The number of H-pyrrole nitrogens is 1. The van der Waals surface area contributed by atoms with E-state index >= 15 is 0 Å². The van der Waals surface area contributed by atoms with Crippen LogP contribution >= 0.6 is 0 Å². The SMILES string of the molecule is COc1cccc2c(CCC3CCCCC3)c[nH]c12. The van der Waals surface area contributed by atoms with Gasteiger partial charge in [-0.3, -0.25) is 0 Å². The van der Waals surface area contributed by atoms with E-state index in [4.69, 9.17) is 4.74 Å². The van der Waals surface area contributed by atoms with E-state index in [-0.39, 0.29) is 0 Å². The molecule has 1 aromatic carbocycles. The number of benzene rings is 1. The lowest BCUT2D eigenvalue weighted by atomic mass is 9.85. The number of methoxy groups -OCH3 is 1. The molecular formula is C17H23NO. The molecule has 102 valence electrons. The normalized spacial score (nSPS) is 16.9. The molecule has 19 heavy (non-hydrogen) atoms. The van der Waals surface area contributed by atoms with Gasteiger partial charge in [0.1, 0.15) is 5.75 Å². The smallest absolute Gasteiger partial charge is 0.142 e. The van der Waals surface area contributed by atoms with Gasteiger partial charge < -0.3 is 9.72 Å². The summed E-state index contributed by atoms with van der Waals surface area (Å²) in [5, 5.41) is 1.33. The van der Waals surface area contributed by atoms with Gasteiger partial charge >= 0.3 is 0 Å².